The number of pyridine rings is 3. The van der Waals surface area contributed by atoms with Gasteiger partial charge < -0.3 is 20.8 Å². The van der Waals surface area contributed by atoms with Crippen LogP contribution in [0.15, 0.2) is 78.0 Å². The Balaban J connectivity index is 1.49. The number of nitrogens with zero attached hydrogens (tertiary/aromatic N) is 2. The molecule has 0 bridgehead atoms. The molecule has 0 unspecified atom stereocenters. The normalized spacial score (nSPS) is 10.9. The molecule has 184 valence electrons. The van der Waals surface area contributed by atoms with Gasteiger partial charge >= 0.3 is 0 Å². The minimum Gasteiger partial charge on any atom is -0.453 e. The summed E-state index contributed by atoms with van der Waals surface area (Å²) in [7, 11) is 0. The van der Waals surface area contributed by atoms with Gasteiger partial charge in [-0.2, -0.15) is 0 Å². The lowest BCUT2D eigenvalue weighted by Gasteiger charge is -2.13. The summed E-state index contributed by atoms with van der Waals surface area (Å²) in [4.78, 5) is 35.7. The van der Waals surface area contributed by atoms with Gasteiger partial charge in [0, 0.05) is 47.5 Å². The van der Waals surface area contributed by atoms with Crippen molar-refractivity contribution in [1.82, 2.24) is 15.0 Å². The number of halogens is 3. The van der Waals surface area contributed by atoms with Crippen LogP contribution in [-0.2, 0) is 0 Å². The van der Waals surface area contributed by atoms with E-state index in [1.807, 2.05) is 0 Å². The molecule has 8 nitrogen and oxygen atoms in total. The van der Waals surface area contributed by atoms with Gasteiger partial charge in [0.25, 0.3) is 5.91 Å². The predicted molar refractivity (Wildman–Crippen MR) is 135 cm³/mol. The average Bonchev–Trinajstić information content (AvgIpc) is 2.87. The van der Waals surface area contributed by atoms with Crippen molar-refractivity contribution in [1.29, 1.82) is 0 Å². The first-order chi connectivity index (χ1) is 17.8. The van der Waals surface area contributed by atoms with Crippen LogP contribution in [0.3, 0.4) is 0 Å². The van der Waals surface area contributed by atoms with Crippen LogP contribution in [-0.4, -0.2) is 20.9 Å². The molecule has 5 aromatic rings. The van der Waals surface area contributed by atoms with Crippen molar-refractivity contribution in [3.05, 3.63) is 106 Å². The first-order valence-corrected chi connectivity index (χ1v) is 11.2. The van der Waals surface area contributed by atoms with Gasteiger partial charge in [0.2, 0.25) is 5.43 Å². The molecule has 11 heteroatoms. The monoisotopic (exact) mass is 519 g/mol. The Hall–Kier alpha value is -4.83. The molecular formula is C26H16ClF2N5O3. The van der Waals surface area contributed by atoms with Gasteiger partial charge in [-0.25, -0.2) is 18.7 Å². The van der Waals surface area contributed by atoms with Crippen molar-refractivity contribution >= 4 is 39.9 Å². The Bertz CT molecular complexity index is 1740. The summed E-state index contributed by atoms with van der Waals surface area (Å²) in [5.41, 5.74) is 5.56. The van der Waals surface area contributed by atoms with Crippen LogP contribution in [0.5, 0.6) is 11.5 Å². The van der Waals surface area contributed by atoms with E-state index in [0.717, 1.165) is 6.07 Å². The maximum Gasteiger partial charge on any atom is 0.268 e. The van der Waals surface area contributed by atoms with E-state index in [2.05, 4.69) is 20.3 Å². The van der Waals surface area contributed by atoms with E-state index in [4.69, 9.17) is 22.1 Å². The molecule has 0 aliphatic heterocycles. The second-order valence-electron chi connectivity index (χ2n) is 7.80. The number of rotatable bonds is 6. The van der Waals surface area contributed by atoms with E-state index in [-0.39, 0.29) is 50.2 Å². The number of carbonyl (C=O) groups is 1. The second kappa shape index (κ2) is 9.67. The molecule has 0 radical (unpaired) electrons. The van der Waals surface area contributed by atoms with Crippen molar-refractivity contribution in [3.8, 4) is 22.6 Å². The Labute approximate surface area is 212 Å². The average molecular weight is 520 g/mol. The van der Waals surface area contributed by atoms with Crippen molar-refractivity contribution in [3.63, 3.8) is 0 Å². The molecule has 0 aliphatic rings. The molecule has 4 N–H and O–H groups in total. The maximum absolute atomic E-state index is 14.9. The molecule has 2 aromatic carbocycles. The minimum atomic E-state index is -0.855. The van der Waals surface area contributed by atoms with Gasteiger partial charge in [-0.15, -0.1) is 0 Å². The standard InChI is InChI=1S/C26H16ClF2N5O3/c27-22-20(8-10-31-23(22)25(30)36)37-19-6-5-13(11-17(19)29)34-26-21-18(7-9-32-26)33-12-15(24(21)35)14-3-1-2-4-16(14)28/h1-12H,(H2,30,36)(H,32,34)(H,33,35). The molecule has 0 aliphatic carbocycles. The molecule has 37 heavy (non-hydrogen) atoms. The number of ether oxygens (including phenoxy) is 1. The Morgan fingerprint density at radius 3 is 2.51 bits per heavy atom. The van der Waals surface area contributed by atoms with Crippen LogP contribution in [0.4, 0.5) is 20.3 Å². The van der Waals surface area contributed by atoms with Crippen LogP contribution in [0, 0.1) is 11.6 Å². The molecule has 0 fully saturated rings. The van der Waals surface area contributed by atoms with Crippen LogP contribution < -0.4 is 21.2 Å². The van der Waals surface area contributed by atoms with E-state index in [1.165, 1.54) is 55.0 Å². The lowest BCUT2D eigenvalue weighted by Crippen LogP contribution is -2.13. The van der Waals surface area contributed by atoms with Crippen molar-refractivity contribution in [2.45, 2.75) is 0 Å². The zero-order valence-corrected chi connectivity index (χ0v) is 19.5. The van der Waals surface area contributed by atoms with Crippen molar-refractivity contribution in [2.24, 2.45) is 5.73 Å². The fourth-order valence-corrected chi connectivity index (χ4v) is 3.97. The zero-order valence-electron chi connectivity index (χ0n) is 18.8. The molecule has 0 atom stereocenters. The molecule has 3 heterocycles. The summed E-state index contributed by atoms with van der Waals surface area (Å²) in [6, 6.07) is 12.9. The van der Waals surface area contributed by atoms with Crippen LogP contribution in [0.1, 0.15) is 10.5 Å². The van der Waals surface area contributed by atoms with Crippen LogP contribution in [0.2, 0.25) is 5.02 Å². The maximum atomic E-state index is 14.9. The van der Waals surface area contributed by atoms with Gasteiger partial charge in [0.15, 0.2) is 11.6 Å². The third-order valence-corrected chi connectivity index (χ3v) is 5.83. The minimum absolute atomic E-state index is 0.00648. The Morgan fingerprint density at radius 2 is 1.76 bits per heavy atom. The third kappa shape index (κ3) is 4.57. The number of nitrogens with one attached hydrogen (secondary N) is 2. The second-order valence-corrected chi connectivity index (χ2v) is 8.18. The number of hydrogen-bond donors (Lipinski definition) is 3. The first-order valence-electron chi connectivity index (χ1n) is 10.8. The Kier molecular flexibility index (Phi) is 6.24. The van der Waals surface area contributed by atoms with Crippen LogP contribution in [0.25, 0.3) is 22.0 Å². The van der Waals surface area contributed by atoms with E-state index in [9.17, 15) is 18.4 Å². The number of carbonyl (C=O) groups excluding carboxylic acids is 1. The number of benzene rings is 2. The smallest absolute Gasteiger partial charge is 0.268 e. The van der Waals surface area contributed by atoms with Gasteiger partial charge in [-0.3, -0.25) is 9.59 Å². The lowest BCUT2D eigenvalue weighted by molar-refractivity contribution is 0.0995. The Morgan fingerprint density at radius 1 is 0.973 bits per heavy atom. The summed E-state index contributed by atoms with van der Waals surface area (Å²) >= 11 is 6.09. The summed E-state index contributed by atoms with van der Waals surface area (Å²) in [6.07, 6.45) is 4.17. The summed E-state index contributed by atoms with van der Waals surface area (Å²) in [5.74, 6) is -2.20. The highest BCUT2D eigenvalue weighted by molar-refractivity contribution is 6.34. The highest BCUT2D eigenvalue weighted by atomic mass is 35.5. The number of anilines is 2. The van der Waals surface area contributed by atoms with E-state index in [1.54, 1.807) is 12.1 Å². The largest absolute Gasteiger partial charge is 0.453 e. The first kappa shape index (κ1) is 23.9. The van der Waals surface area contributed by atoms with Crippen molar-refractivity contribution in [2.75, 3.05) is 5.32 Å². The number of primary amides is 1. The number of H-pyrrole nitrogens is 1. The van der Waals surface area contributed by atoms with Gasteiger partial charge in [0.1, 0.15) is 28.1 Å². The zero-order chi connectivity index (χ0) is 26.1. The predicted octanol–water partition coefficient (Wildman–Crippen LogP) is 5.55. The fraction of sp³-hybridized carbons (Fsp3) is 0. The SMILES string of the molecule is NC(=O)c1nccc(Oc2ccc(Nc3nccc4[nH]cc(-c5ccccc5F)c(=O)c34)cc2F)c1Cl. The highest BCUT2D eigenvalue weighted by Gasteiger charge is 2.17. The molecule has 3 aromatic heterocycles. The molecule has 1 amide bonds. The summed E-state index contributed by atoms with van der Waals surface area (Å²) in [6.45, 7) is 0. The summed E-state index contributed by atoms with van der Waals surface area (Å²) in [5, 5.41) is 2.95. The van der Waals surface area contributed by atoms with E-state index < -0.39 is 23.0 Å². The van der Waals surface area contributed by atoms with Crippen molar-refractivity contribution < 1.29 is 18.3 Å². The topological polar surface area (TPSA) is 123 Å². The quantitative estimate of drug-likeness (QED) is 0.270. The molecule has 0 saturated carbocycles. The molecule has 0 spiro atoms. The van der Waals surface area contributed by atoms with Gasteiger partial charge in [-0.1, -0.05) is 29.8 Å². The number of amides is 1. The van der Waals surface area contributed by atoms with Gasteiger partial charge in [-0.05, 0) is 24.3 Å². The highest BCUT2D eigenvalue weighted by Crippen LogP contribution is 2.34. The van der Waals surface area contributed by atoms with Crippen LogP contribution >= 0.6 is 11.6 Å². The fourth-order valence-electron chi connectivity index (χ4n) is 3.73. The lowest BCUT2D eigenvalue weighted by atomic mass is 10.0. The van der Waals surface area contributed by atoms with E-state index >= 15 is 0 Å². The molecule has 0 saturated heterocycles. The number of nitrogens with two attached hydrogens (primary N) is 1. The number of aromatic nitrogens is 3. The van der Waals surface area contributed by atoms with Gasteiger partial charge in [0.05, 0.1) is 10.9 Å². The number of hydrogen-bond acceptors (Lipinski definition) is 6. The third-order valence-electron chi connectivity index (χ3n) is 5.46. The molecule has 5 rings (SSSR count). The molecular weight excluding hydrogens is 504 g/mol. The van der Waals surface area contributed by atoms with E-state index in [0.29, 0.717) is 5.52 Å². The number of fused-ring (bicyclic) bond motifs is 1. The number of aromatic amines is 1. The summed E-state index contributed by atoms with van der Waals surface area (Å²) < 4.78 is 34.8.